The Bertz CT molecular complexity index is 185. The summed E-state index contributed by atoms with van der Waals surface area (Å²) in [6, 6.07) is 0.924. The van der Waals surface area contributed by atoms with E-state index in [4.69, 9.17) is 5.73 Å². The van der Waals surface area contributed by atoms with Crippen molar-refractivity contribution >= 4 is 0 Å². The third-order valence-electron chi connectivity index (χ3n) is 3.71. The van der Waals surface area contributed by atoms with Crippen LogP contribution in [-0.4, -0.2) is 30.6 Å². The van der Waals surface area contributed by atoms with Crippen molar-refractivity contribution in [1.82, 2.24) is 4.90 Å². The Kier molecular flexibility index (Phi) is 5.77. The Balaban J connectivity index is 2.17. The van der Waals surface area contributed by atoms with Crippen molar-refractivity contribution in [3.8, 4) is 0 Å². The molecule has 0 spiro atoms. The maximum Gasteiger partial charge on any atom is 0.00964 e. The van der Waals surface area contributed by atoms with Crippen LogP contribution in [0.3, 0.4) is 0 Å². The van der Waals surface area contributed by atoms with Gasteiger partial charge >= 0.3 is 0 Å². The first-order valence-electron chi connectivity index (χ1n) is 7.03. The Morgan fingerprint density at radius 3 is 2.31 bits per heavy atom. The molecule has 96 valence electrons. The molecule has 0 aromatic carbocycles. The molecule has 1 fully saturated rings. The van der Waals surface area contributed by atoms with E-state index in [0.29, 0.717) is 5.41 Å². The normalized spacial score (nSPS) is 17.1. The maximum absolute atomic E-state index is 5.76. The van der Waals surface area contributed by atoms with Crippen molar-refractivity contribution in [2.75, 3.05) is 19.6 Å². The predicted octanol–water partition coefficient (Wildman–Crippen LogP) is 3.02. The Hall–Kier alpha value is -0.0800. The molecule has 0 aliphatic heterocycles. The second kappa shape index (κ2) is 6.61. The van der Waals surface area contributed by atoms with Crippen molar-refractivity contribution in [1.29, 1.82) is 0 Å². The SMILES string of the molecule is CCCCN(CCCC(C)(C)CN)C1CC1. The summed E-state index contributed by atoms with van der Waals surface area (Å²) in [7, 11) is 0. The molecule has 0 bridgehead atoms. The highest BCUT2D eigenvalue weighted by Crippen LogP contribution is 2.28. The molecule has 2 heteroatoms. The van der Waals surface area contributed by atoms with E-state index in [9.17, 15) is 0 Å². The van der Waals surface area contributed by atoms with Crippen molar-refractivity contribution in [2.24, 2.45) is 11.1 Å². The number of unbranched alkanes of at least 4 members (excludes halogenated alkanes) is 1. The second-order valence-electron chi connectivity index (χ2n) is 6.09. The molecule has 0 aromatic rings. The largest absolute Gasteiger partial charge is 0.330 e. The highest BCUT2D eigenvalue weighted by molar-refractivity contribution is 4.84. The van der Waals surface area contributed by atoms with E-state index in [2.05, 4.69) is 25.7 Å². The molecular weight excluding hydrogens is 196 g/mol. The fourth-order valence-electron chi connectivity index (χ4n) is 2.14. The molecule has 0 atom stereocenters. The van der Waals surface area contributed by atoms with E-state index >= 15 is 0 Å². The van der Waals surface area contributed by atoms with Crippen LogP contribution in [0.15, 0.2) is 0 Å². The summed E-state index contributed by atoms with van der Waals surface area (Å²) in [6.45, 7) is 10.2. The molecule has 0 heterocycles. The van der Waals surface area contributed by atoms with Crippen LogP contribution in [0.4, 0.5) is 0 Å². The van der Waals surface area contributed by atoms with E-state index in [0.717, 1.165) is 12.6 Å². The first-order chi connectivity index (χ1) is 7.59. The molecule has 1 aliphatic rings. The van der Waals surface area contributed by atoms with Crippen LogP contribution in [-0.2, 0) is 0 Å². The zero-order chi connectivity index (χ0) is 12.0. The van der Waals surface area contributed by atoms with Crippen molar-refractivity contribution in [3.63, 3.8) is 0 Å². The first-order valence-corrected chi connectivity index (χ1v) is 7.03. The Morgan fingerprint density at radius 2 is 1.81 bits per heavy atom. The summed E-state index contributed by atoms with van der Waals surface area (Å²) in [5.74, 6) is 0. The lowest BCUT2D eigenvalue weighted by atomic mass is 9.88. The van der Waals surface area contributed by atoms with Gasteiger partial charge in [0.15, 0.2) is 0 Å². The van der Waals surface area contributed by atoms with Gasteiger partial charge in [-0.15, -0.1) is 0 Å². The van der Waals surface area contributed by atoms with Crippen LogP contribution in [0.25, 0.3) is 0 Å². The zero-order valence-corrected chi connectivity index (χ0v) is 11.5. The summed E-state index contributed by atoms with van der Waals surface area (Å²) in [6.07, 6.45) is 8.12. The minimum Gasteiger partial charge on any atom is -0.330 e. The summed E-state index contributed by atoms with van der Waals surface area (Å²) in [4.78, 5) is 2.70. The van der Waals surface area contributed by atoms with Gasteiger partial charge in [0.25, 0.3) is 0 Å². The molecule has 2 N–H and O–H groups in total. The lowest BCUT2D eigenvalue weighted by Gasteiger charge is -2.26. The van der Waals surface area contributed by atoms with Crippen molar-refractivity contribution < 1.29 is 0 Å². The van der Waals surface area contributed by atoms with Crippen LogP contribution in [0.2, 0.25) is 0 Å². The third-order valence-corrected chi connectivity index (χ3v) is 3.71. The molecule has 0 saturated heterocycles. The second-order valence-corrected chi connectivity index (χ2v) is 6.09. The van der Waals surface area contributed by atoms with Gasteiger partial charge in [-0.1, -0.05) is 27.2 Å². The van der Waals surface area contributed by atoms with E-state index in [-0.39, 0.29) is 0 Å². The van der Waals surface area contributed by atoms with Gasteiger partial charge in [-0.3, -0.25) is 0 Å². The van der Waals surface area contributed by atoms with Gasteiger partial charge in [0.05, 0.1) is 0 Å². The molecule has 0 radical (unpaired) electrons. The van der Waals surface area contributed by atoms with Gasteiger partial charge in [0.1, 0.15) is 0 Å². The average molecular weight is 226 g/mol. The first kappa shape index (κ1) is 14.0. The van der Waals surface area contributed by atoms with Gasteiger partial charge < -0.3 is 10.6 Å². The van der Waals surface area contributed by atoms with Crippen LogP contribution >= 0.6 is 0 Å². The van der Waals surface area contributed by atoms with Crippen LogP contribution in [0.1, 0.15) is 59.3 Å². The number of hydrogen-bond acceptors (Lipinski definition) is 2. The maximum atomic E-state index is 5.76. The molecule has 1 aliphatic carbocycles. The molecule has 0 aromatic heterocycles. The summed E-state index contributed by atoms with van der Waals surface area (Å²) in [5.41, 5.74) is 6.10. The molecule has 0 unspecified atom stereocenters. The van der Waals surface area contributed by atoms with Crippen molar-refractivity contribution in [2.45, 2.75) is 65.3 Å². The van der Waals surface area contributed by atoms with Gasteiger partial charge in [-0.25, -0.2) is 0 Å². The summed E-state index contributed by atoms with van der Waals surface area (Å²) < 4.78 is 0. The number of nitrogens with two attached hydrogens (primary N) is 1. The monoisotopic (exact) mass is 226 g/mol. The minimum absolute atomic E-state index is 0.333. The topological polar surface area (TPSA) is 29.3 Å². The molecule has 16 heavy (non-hydrogen) atoms. The highest BCUT2D eigenvalue weighted by atomic mass is 15.2. The molecule has 0 amide bonds. The smallest absolute Gasteiger partial charge is 0.00964 e. The molecular formula is C14H30N2. The quantitative estimate of drug-likeness (QED) is 0.655. The van der Waals surface area contributed by atoms with Gasteiger partial charge in [0.2, 0.25) is 0 Å². The molecule has 2 nitrogen and oxygen atoms in total. The van der Waals surface area contributed by atoms with E-state index < -0.39 is 0 Å². The van der Waals surface area contributed by atoms with Gasteiger partial charge in [-0.05, 0) is 57.2 Å². The van der Waals surface area contributed by atoms with E-state index in [1.807, 2.05) is 0 Å². The minimum atomic E-state index is 0.333. The lowest BCUT2D eigenvalue weighted by Crippen LogP contribution is -2.30. The molecule has 1 rings (SSSR count). The number of nitrogens with zero attached hydrogens (tertiary/aromatic N) is 1. The number of rotatable bonds is 9. The fraction of sp³-hybridized carbons (Fsp3) is 1.00. The molecule has 1 saturated carbocycles. The summed E-state index contributed by atoms with van der Waals surface area (Å²) >= 11 is 0. The van der Waals surface area contributed by atoms with Crippen LogP contribution in [0.5, 0.6) is 0 Å². The van der Waals surface area contributed by atoms with Crippen LogP contribution in [0, 0.1) is 5.41 Å². The Morgan fingerprint density at radius 1 is 1.19 bits per heavy atom. The Labute approximate surface area is 102 Å². The average Bonchev–Trinajstić information content (AvgIpc) is 3.07. The highest BCUT2D eigenvalue weighted by Gasteiger charge is 2.28. The van der Waals surface area contributed by atoms with Crippen molar-refractivity contribution in [3.05, 3.63) is 0 Å². The predicted molar refractivity (Wildman–Crippen MR) is 71.6 cm³/mol. The van der Waals surface area contributed by atoms with Gasteiger partial charge in [-0.2, -0.15) is 0 Å². The van der Waals surface area contributed by atoms with Crippen LogP contribution < -0.4 is 5.73 Å². The van der Waals surface area contributed by atoms with E-state index in [1.165, 1.54) is 51.6 Å². The fourth-order valence-corrected chi connectivity index (χ4v) is 2.14. The zero-order valence-electron chi connectivity index (χ0n) is 11.5. The third kappa shape index (κ3) is 5.31. The standard InChI is InChI=1S/C14H30N2/c1-4-5-10-16(13-7-8-13)11-6-9-14(2,3)12-15/h13H,4-12,15H2,1-3H3. The van der Waals surface area contributed by atoms with E-state index in [1.54, 1.807) is 0 Å². The van der Waals surface area contributed by atoms with Gasteiger partial charge in [0, 0.05) is 6.04 Å². The number of hydrogen-bond donors (Lipinski definition) is 1. The lowest BCUT2D eigenvalue weighted by molar-refractivity contribution is 0.232. The summed E-state index contributed by atoms with van der Waals surface area (Å²) in [5, 5.41) is 0.